The third-order valence-corrected chi connectivity index (χ3v) is 3.76. The molecular weight excluding hydrogens is 254 g/mol. The van der Waals surface area contributed by atoms with Crippen LogP contribution in [0.15, 0.2) is 6.07 Å². The molecule has 20 heavy (non-hydrogen) atoms. The maximum absolute atomic E-state index is 5.86. The molecule has 112 valence electrons. The first-order valence-electron chi connectivity index (χ1n) is 7.22. The molecule has 2 heterocycles. The second kappa shape index (κ2) is 6.85. The lowest BCUT2D eigenvalue weighted by Crippen LogP contribution is -2.37. The zero-order valence-electron chi connectivity index (χ0n) is 12.7. The van der Waals surface area contributed by atoms with Crippen LogP contribution in [0.4, 0.5) is 11.6 Å². The summed E-state index contributed by atoms with van der Waals surface area (Å²) in [5.74, 6) is 2.01. The van der Waals surface area contributed by atoms with Gasteiger partial charge in [-0.25, -0.2) is 9.97 Å². The molecule has 1 aromatic rings. The molecule has 6 nitrogen and oxygen atoms in total. The average molecular weight is 279 g/mol. The van der Waals surface area contributed by atoms with E-state index in [9.17, 15) is 0 Å². The molecule has 1 aliphatic rings. The third kappa shape index (κ3) is 3.80. The quantitative estimate of drug-likeness (QED) is 0.842. The van der Waals surface area contributed by atoms with E-state index in [1.54, 1.807) is 0 Å². The molecule has 0 bridgehead atoms. The third-order valence-electron chi connectivity index (χ3n) is 3.76. The standard InChI is InChI=1S/C14H25N5O/c1-4-20-10-13-16-12(15)8-14(17-13)19(3)9-11-6-5-7-18(11)2/h8,11H,4-7,9-10H2,1-3H3,(H2,15,16,17). The van der Waals surface area contributed by atoms with Gasteiger partial charge in [0.1, 0.15) is 18.2 Å². The van der Waals surface area contributed by atoms with Gasteiger partial charge in [-0.2, -0.15) is 0 Å². The molecule has 0 spiro atoms. The van der Waals surface area contributed by atoms with Gasteiger partial charge in [0.2, 0.25) is 0 Å². The number of anilines is 2. The van der Waals surface area contributed by atoms with Gasteiger partial charge in [-0.3, -0.25) is 0 Å². The van der Waals surface area contributed by atoms with Crippen LogP contribution in [0.25, 0.3) is 0 Å². The highest BCUT2D eigenvalue weighted by molar-refractivity contribution is 5.46. The molecule has 1 fully saturated rings. The van der Waals surface area contributed by atoms with E-state index < -0.39 is 0 Å². The van der Waals surface area contributed by atoms with Crippen molar-refractivity contribution < 1.29 is 4.74 Å². The summed E-state index contributed by atoms with van der Waals surface area (Å²) < 4.78 is 5.35. The summed E-state index contributed by atoms with van der Waals surface area (Å²) in [7, 11) is 4.23. The first-order valence-corrected chi connectivity index (χ1v) is 7.22. The highest BCUT2D eigenvalue weighted by Crippen LogP contribution is 2.19. The topological polar surface area (TPSA) is 67.5 Å². The Bertz CT molecular complexity index is 440. The van der Waals surface area contributed by atoms with Gasteiger partial charge in [0, 0.05) is 32.3 Å². The van der Waals surface area contributed by atoms with Crippen LogP contribution < -0.4 is 10.6 Å². The van der Waals surface area contributed by atoms with Crippen LogP contribution in [0.5, 0.6) is 0 Å². The van der Waals surface area contributed by atoms with Crippen LogP contribution in [-0.4, -0.2) is 54.7 Å². The minimum absolute atomic E-state index is 0.408. The van der Waals surface area contributed by atoms with Crippen LogP contribution in [0, 0.1) is 0 Å². The number of ether oxygens (including phenoxy) is 1. The van der Waals surface area contributed by atoms with Crippen molar-refractivity contribution >= 4 is 11.6 Å². The summed E-state index contributed by atoms with van der Waals surface area (Å²) in [5, 5.41) is 0. The molecule has 2 N–H and O–H groups in total. The Morgan fingerprint density at radius 3 is 2.95 bits per heavy atom. The first kappa shape index (κ1) is 15.0. The van der Waals surface area contributed by atoms with Gasteiger partial charge in [-0.15, -0.1) is 0 Å². The molecule has 0 saturated carbocycles. The second-order valence-electron chi connectivity index (χ2n) is 5.36. The van der Waals surface area contributed by atoms with Crippen LogP contribution in [0.2, 0.25) is 0 Å². The van der Waals surface area contributed by atoms with Crippen molar-refractivity contribution in [2.75, 3.05) is 44.4 Å². The number of nitrogens with zero attached hydrogens (tertiary/aromatic N) is 4. The first-order chi connectivity index (χ1) is 9.60. The molecule has 1 atom stereocenters. The predicted octanol–water partition coefficient (Wildman–Crippen LogP) is 1.13. The fourth-order valence-electron chi connectivity index (χ4n) is 2.58. The molecule has 0 radical (unpaired) electrons. The van der Waals surface area contributed by atoms with Gasteiger partial charge in [0.05, 0.1) is 0 Å². The van der Waals surface area contributed by atoms with E-state index in [-0.39, 0.29) is 0 Å². The van der Waals surface area contributed by atoms with E-state index in [1.807, 2.05) is 13.0 Å². The summed E-state index contributed by atoms with van der Waals surface area (Å²) in [4.78, 5) is 13.3. The highest BCUT2D eigenvalue weighted by atomic mass is 16.5. The number of rotatable bonds is 6. The number of aromatic nitrogens is 2. The number of nitrogen functional groups attached to an aromatic ring is 1. The molecular formula is C14H25N5O. The lowest BCUT2D eigenvalue weighted by molar-refractivity contribution is 0.128. The summed E-state index contributed by atoms with van der Waals surface area (Å²) in [6.07, 6.45) is 2.52. The van der Waals surface area contributed by atoms with E-state index in [0.29, 0.717) is 30.9 Å². The van der Waals surface area contributed by atoms with Crippen LogP contribution in [0.3, 0.4) is 0 Å². The Labute approximate surface area is 120 Å². The number of likely N-dealkylation sites (tertiary alicyclic amines) is 1. The average Bonchev–Trinajstić information content (AvgIpc) is 2.81. The van der Waals surface area contributed by atoms with Crippen molar-refractivity contribution in [3.63, 3.8) is 0 Å². The van der Waals surface area contributed by atoms with Crippen molar-refractivity contribution in [1.29, 1.82) is 0 Å². The highest BCUT2D eigenvalue weighted by Gasteiger charge is 2.22. The van der Waals surface area contributed by atoms with Crippen molar-refractivity contribution in [3.8, 4) is 0 Å². The lowest BCUT2D eigenvalue weighted by Gasteiger charge is -2.26. The maximum Gasteiger partial charge on any atom is 0.158 e. The number of likely N-dealkylation sites (N-methyl/N-ethyl adjacent to an activating group) is 2. The van der Waals surface area contributed by atoms with E-state index in [4.69, 9.17) is 10.5 Å². The van der Waals surface area contributed by atoms with E-state index in [2.05, 4.69) is 33.9 Å². The van der Waals surface area contributed by atoms with Gasteiger partial charge < -0.3 is 20.3 Å². The smallest absolute Gasteiger partial charge is 0.158 e. The molecule has 1 aromatic heterocycles. The zero-order valence-corrected chi connectivity index (χ0v) is 12.7. The fourth-order valence-corrected chi connectivity index (χ4v) is 2.58. The second-order valence-corrected chi connectivity index (χ2v) is 5.36. The van der Waals surface area contributed by atoms with Crippen molar-refractivity contribution in [2.45, 2.75) is 32.4 Å². The largest absolute Gasteiger partial charge is 0.384 e. The SMILES string of the molecule is CCOCc1nc(N)cc(N(C)CC2CCCN2C)n1. The number of nitrogens with two attached hydrogens (primary N) is 1. The van der Waals surface area contributed by atoms with Gasteiger partial charge in [-0.05, 0) is 33.4 Å². The summed E-state index contributed by atoms with van der Waals surface area (Å²) >= 11 is 0. The minimum Gasteiger partial charge on any atom is -0.384 e. The molecule has 2 rings (SSSR count). The Balaban J connectivity index is 2.04. The van der Waals surface area contributed by atoms with Gasteiger partial charge in [-0.1, -0.05) is 0 Å². The normalized spacial score (nSPS) is 19.4. The summed E-state index contributed by atoms with van der Waals surface area (Å²) in [5.41, 5.74) is 5.86. The molecule has 0 aromatic carbocycles. The van der Waals surface area contributed by atoms with Crippen LogP contribution in [0.1, 0.15) is 25.6 Å². The fraction of sp³-hybridized carbons (Fsp3) is 0.714. The summed E-state index contributed by atoms with van der Waals surface area (Å²) in [6.45, 7) is 5.15. The van der Waals surface area contributed by atoms with Crippen molar-refractivity contribution in [2.24, 2.45) is 0 Å². The van der Waals surface area contributed by atoms with Gasteiger partial charge >= 0.3 is 0 Å². The predicted molar refractivity (Wildman–Crippen MR) is 80.7 cm³/mol. The molecule has 1 unspecified atom stereocenters. The Morgan fingerprint density at radius 2 is 2.30 bits per heavy atom. The number of hydrogen-bond donors (Lipinski definition) is 1. The monoisotopic (exact) mass is 279 g/mol. The van der Waals surface area contributed by atoms with E-state index in [0.717, 1.165) is 12.4 Å². The van der Waals surface area contributed by atoms with E-state index in [1.165, 1.54) is 19.4 Å². The van der Waals surface area contributed by atoms with Crippen molar-refractivity contribution in [1.82, 2.24) is 14.9 Å². The van der Waals surface area contributed by atoms with E-state index >= 15 is 0 Å². The van der Waals surface area contributed by atoms with Crippen LogP contribution >= 0.6 is 0 Å². The molecule has 1 aliphatic heterocycles. The maximum atomic E-state index is 5.86. The zero-order chi connectivity index (χ0) is 14.5. The molecule has 6 heteroatoms. The van der Waals surface area contributed by atoms with Gasteiger partial charge in [0.15, 0.2) is 5.82 Å². The number of hydrogen-bond acceptors (Lipinski definition) is 6. The molecule has 0 aliphatic carbocycles. The minimum atomic E-state index is 0.408. The summed E-state index contributed by atoms with van der Waals surface area (Å²) in [6, 6.07) is 2.41. The molecule has 0 amide bonds. The van der Waals surface area contributed by atoms with Crippen molar-refractivity contribution in [3.05, 3.63) is 11.9 Å². The molecule has 1 saturated heterocycles. The Kier molecular flexibility index (Phi) is 5.14. The Hall–Kier alpha value is -1.40. The lowest BCUT2D eigenvalue weighted by atomic mass is 10.2. The van der Waals surface area contributed by atoms with Gasteiger partial charge in [0.25, 0.3) is 0 Å². The Morgan fingerprint density at radius 1 is 1.50 bits per heavy atom. The van der Waals surface area contributed by atoms with Crippen LogP contribution in [-0.2, 0) is 11.3 Å².